The average Bonchev–Trinajstić information content (AvgIpc) is 2.84. The van der Waals surface area contributed by atoms with Crippen LogP contribution in [-0.2, 0) is 19.6 Å². The number of piperazine rings is 1. The Kier molecular flexibility index (Phi) is 8.79. The van der Waals surface area contributed by atoms with Gasteiger partial charge >= 0.3 is 0 Å². The molecule has 32 heavy (non-hydrogen) atoms. The summed E-state index contributed by atoms with van der Waals surface area (Å²) in [6.45, 7) is 8.33. The first-order valence-electron chi connectivity index (χ1n) is 11.7. The van der Waals surface area contributed by atoms with Gasteiger partial charge in [-0.15, -0.1) is 0 Å². The lowest BCUT2D eigenvalue weighted by Crippen LogP contribution is -2.50. The van der Waals surface area contributed by atoms with E-state index in [1.165, 1.54) is 4.31 Å². The van der Waals surface area contributed by atoms with Gasteiger partial charge in [-0.05, 0) is 31.0 Å². The predicted molar refractivity (Wildman–Crippen MR) is 125 cm³/mol. The Hall–Kier alpha value is -1.84. The van der Waals surface area contributed by atoms with Crippen molar-refractivity contribution in [1.82, 2.24) is 9.21 Å². The lowest BCUT2D eigenvalue weighted by Gasteiger charge is -2.38. The van der Waals surface area contributed by atoms with Crippen LogP contribution in [0.4, 0.5) is 5.69 Å². The summed E-state index contributed by atoms with van der Waals surface area (Å²) in [6, 6.07) is 5.03. The number of sulfonamides is 1. The first-order valence-corrected chi connectivity index (χ1v) is 13.2. The van der Waals surface area contributed by atoms with E-state index in [9.17, 15) is 13.2 Å². The smallest absolute Gasteiger partial charge is 0.243 e. The van der Waals surface area contributed by atoms with Crippen molar-refractivity contribution in [2.75, 3.05) is 64.5 Å². The Bertz CT molecular complexity index is 862. The van der Waals surface area contributed by atoms with Crippen LogP contribution in [-0.4, -0.2) is 83.1 Å². The molecule has 2 fully saturated rings. The van der Waals surface area contributed by atoms with E-state index in [0.717, 1.165) is 31.4 Å². The van der Waals surface area contributed by atoms with E-state index in [2.05, 4.69) is 18.7 Å². The van der Waals surface area contributed by atoms with Crippen molar-refractivity contribution in [3.05, 3.63) is 18.2 Å². The topological polar surface area (TPSA) is 79.4 Å². The van der Waals surface area contributed by atoms with Gasteiger partial charge in [0.1, 0.15) is 5.75 Å². The number of amides is 1. The van der Waals surface area contributed by atoms with E-state index in [1.807, 2.05) is 4.90 Å². The van der Waals surface area contributed by atoms with Crippen LogP contribution in [0.15, 0.2) is 23.1 Å². The normalized spacial score (nSPS) is 19.1. The summed E-state index contributed by atoms with van der Waals surface area (Å²) in [7, 11) is -2.00. The minimum absolute atomic E-state index is 0.0954. The van der Waals surface area contributed by atoms with Crippen LogP contribution in [0.1, 0.15) is 39.5 Å². The zero-order valence-electron chi connectivity index (χ0n) is 19.6. The molecule has 2 saturated heterocycles. The third-order valence-corrected chi connectivity index (χ3v) is 8.33. The zero-order chi connectivity index (χ0) is 23.1. The molecule has 0 spiro atoms. The summed E-state index contributed by atoms with van der Waals surface area (Å²) in [5.74, 6) is 0.981. The predicted octanol–water partition coefficient (Wildman–Crippen LogP) is 2.58. The molecule has 180 valence electrons. The van der Waals surface area contributed by atoms with Gasteiger partial charge in [0.2, 0.25) is 15.9 Å². The Balaban J connectivity index is 1.73. The molecule has 9 heteroatoms. The molecule has 1 atom stereocenters. The molecule has 3 rings (SSSR count). The van der Waals surface area contributed by atoms with E-state index in [0.29, 0.717) is 58.2 Å². The number of anilines is 1. The second kappa shape index (κ2) is 11.3. The highest BCUT2D eigenvalue weighted by Gasteiger charge is 2.30. The molecule has 1 aromatic carbocycles. The maximum Gasteiger partial charge on any atom is 0.243 e. The van der Waals surface area contributed by atoms with Gasteiger partial charge in [0, 0.05) is 45.2 Å². The van der Waals surface area contributed by atoms with E-state index in [4.69, 9.17) is 9.47 Å². The molecule has 2 heterocycles. The fourth-order valence-corrected chi connectivity index (χ4v) is 5.82. The SMILES string of the molecule is CCCCC(CC)C(=O)N1CCN(c2cc(S(=O)(=O)N3CCOCC3)ccc2OC)CC1. The number of hydrogen-bond acceptors (Lipinski definition) is 6. The number of nitrogens with zero attached hydrogens (tertiary/aromatic N) is 3. The highest BCUT2D eigenvalue weighted by molar-refractivity contribution is 7.89. The summed E-state index contributed by atoms with van der Waals surface area (Å²) in [5, 5.41) is 0. The van der Waals surface area contributed by atoms with E-state index >= 15 is 0 Å². The maximum absolute atomic E-state index is 13.1. The van der Waals surface area contributed by atoms with Gasteiger partial charge in [-0.25, -0.2) is 8.42 Å². The van der Waals surface area contributed by atoms with Crippen molar-refractivity contribution in [2.45, 2.75) is 44.4 Å². The molecule has 2 aliphatic heterocycles. The molecule has 0 aromatic heterocycles. The van der Waals surface area contributed by atoms with Crippen LogP contribution in [0.3, 0.4) is 0 Å². The Morgan fingerprint density at radius 3 is 2.38 bits per heavy atom. The van der Waals surface area contributed by atoms with Crippen molar-refractivity contribution in [3.63, 3.8) is 0 Å². The Morgan fingerprint density at radius 1 is 1.09 bits per heavy atom. The van der Waals surface area contributed by atoms with Gasteiger partial charge in [-0.2, -0.15) is 4.31 Å². The second-order valence-electron chi connectivity index (χ2n) is 8.41. The van der Waals surface area contributed by atoms with Crippen molar-refractivity contribution in [3.8, 4) is 5.75 Å². The van der Waals surface area contributed by atoms with Crippen LogP contribution in [0, 0.1) is 5.92 Å². The number of carbonyl (C=O) groups is 1. The summed E-state index contributed by atoms with van der Waals surface area (Å²) >= 11 is 0. The number of unbranched alkanes of at least 4 members (excludes halogenated alkanes) is 1. The molecule has 0 radical (unpaired) electrons. The number of morpholine rings is 1. The zero-order valence-corrected chi connectivity index (χ0v) is 20.4. The number of methoxy groups -OCH3 is 1. The maximum atomic E-state index is 13.1. The van der Waals surface area contributed by atoms with E-state index in [1.54, 1.807) is 25.3 Å². The second-order valence-corrected chi connectivity index (χ2v) is 10.3. The summed E-state index contributed by atoms with van der Waals surface area (Å²) in [4.78, 5) is 17.3. The lowest BCUT2D eigenvalue weighted by atomic mass is 9.97. The minimum Gasteiger partial charge on any atom is -0.495 e. The van der Waals surface area contributed by atoms with Gasteiger partial charge < -0.3 is 19.3 Å². The molecule has 1 unspecified atom stereocenters. The van der Waals surface area contributed by atoms with Crippen LogP contribution >= 0.6 is 0 Å². The highest BCUT2D eigenvalue weighted by Crippen LogP contribution is 2.33. The quantitative estimate of drug-likeness (QED) is 0.555. The monoisotopic (exact) mass is 467 g/mol. The Labute approximate surface area is 192 Å². The number of benzene rings is 1. The van der Waals surface area contributed by atoms with Crippen LogP contribution < -0.4 is 9.64 Å². The number of ether oxygens (including phenoxy) is 2. The molecule has 1 aromatic rings. The third-order valence-electron chi connectivity index (χ3n) is 6.44. The van der Waals surface area contributed by atoms with E-state index < -0.39 is 10.0 Å². The lowest BCUT2D eigenvalue weighted by molar-refractivity contribution is -0.136. The molecule has 0 N–H and O–H groups in total. The van der Waals surface area contributed by atoms with E-state index in [-0.39, 0.29) is 16.7 Å². The first kappa shape index (κ1) is 24.8. The van der Waals surface area contributed by atoms with Crippen LogP contribution in [0.25, 0.3) is 0 Å². The standard InChI is InChI=1S/C23H37N3O5S/c1-4-6-7-19(5-2)23(27)25-12-10-24(11-13-25)21-18-20(8-9-22(21)30-3)32(28,29)26-14-16-31-17-15-26/h8-9,18-19H,4-7,10-17H2,1-3H3. The van der Waals surface area contributed by atoms with Crippen LogP contribution in [0.2, 0.25) is 0 Å². The third kappa shape index (κ3) is 5.55. The molecular weight excluding hydrogens is 430 g/mol. The first-order chi connectivity index (χ1) is 15.4. The summed E-state index contributed by atoms with van der Waals surface area (Å²) < 4.78 is 38.5. The van der Waals surface area contributed by atoms with Crippen molar-refractivity contribution in [1.29, 1.82) is 0 Å². The average molecular weight is 468 g/mol. The fraction of sp³-hybridized carbons (Fsp3) is 0.696. The molecule has 0 aliphatic carbocycles. The van der Waals surface area contributed by atoms with Gasteiger partial charge in [0.25, 0.3) is 0 Å². The summed E-state index contributed by atoms with van der Waals surface area (Å²) in [6.07, 6.45) is 3.99. The largest absolute Gasteiger partial charge is 0.495 e. The molecular formula is C23H37N3O5S. The molecule has 1 amide bonds. The minimum atomic E-state index is -3.59. The van der Waals surface area contributed by atoms with Gasteiger partial charge in [0.05, 0.1) is 30.9 Å². The van der Waals surface area contributed by atoms with Gasteiger partial charge in [-0.3, -0.25) is 4.79 Å². The molecule has 2 aliphatic rings. The van der Waals surface area contributed by atoms with Crippen LogP contribution in [0.5, 0.6) is 5.75 Å². The molecule has 0 bridgehead atoms. The summed E-state index contributed by atoms with van der Waals surface area (Å²) in [5.41, 5.74) is 0.756. The molecule has 8 nitrogen and oxygen atoms in total. The van der Waals surface area contributed by atoms with Gasteiger partial charge in [-0.1, -0.05) is 26.7 Å². The van der Waals surface area contributed by atoms with Crippen molar-refractivity contribution >= 4 is 21.6 Å². The fourth-order valence-electron chi connectivity index (χ4n) is 4.39. The van der Waals surface area contributed by atoms with Gasteiger partial charge in [0.15, 0.2) is 0 Å². The van der Waals surface area contributed by atoms with Crippen molar-refractivity contribution in [2.24, 2.45) is 5.92 Å². The number of hydrogen-bond donors (Lipinski definition) is 0. The highest BCUT2D eigenvalue weighted by atomic mass is 32.2. The molecule has 0 saturated carbocycles. The number of carbonyl (C=O) groups excluding carboxylic acids is 1. The Morgan fingerprint density at radius 2 is 1.78 bits per heavy atom. The number of rotatable bonds is 9. The van der Waals surface area contributed by atoms with Crippen molar-refractivity contribution < 1.29 is 22.7 Å².